The van der Waals surface area contributed by atoms with Crippen LogP contribution in [0.1, 0.15) is 64.5 Å². The van der Waals surface area contributed by atoms with Crippen LogP contribution in [-0.2, 0) is 5.54 Å². The highest BCUT2D eigenvalue weighted by atomic mass is 28.3. The third-order valence-electron chi connectivity index (χ3n) is 14.0. The third kappa shape index (κ3) is 8.49. The van der Waals surface area contributed by atoms with Gasteiger partial charge in [-0.2, -0.15) is 0 Å². The van der Waals surface area contributed by atoms with Crippen LogP contribution in [0.2, 0.25) is 6.04 Å². The van der Waals surface area contributed by atoms with Gasteiger partial charge >= 0.3 is 0 Å². The van der Waals surface area contributed by atoms with Crippen molar-refractivity contribution in [2.75, 3.05) is 0 Å². The molecule has 2 nitrogen and oxygen atoms in total. The standard InChI is InChI=1S/C61H60N2Si2/c1-5-6-7-23-43-64(51-31-13-8-14-32-51,52-33-15-9-16-34-52)56-41-25-29-49(44-56)58-46-61(4,63-60(62-58)59-47(2)27-24-28-48(59)3)50-30-26-42-57(45-50)65(53-35-17-10-18-36-53,54-37-19-11-20-38-54)55-39-21-12-22-40-55/h5-15,17-27,29-33,35-42,44-45,48H,16,28,34,43,46H2,1-4H3/b6-5-,23-7-. The van der Waals surface area contributed by atoms with Crippen LogP contribution in [-0.4, -0.2) is 27.7 Å². The molecule has 0 radical (unpaired) electrons. The smallest absolute Gasteiger partial charge is 0.179 e. The van der Waals surface area contributed by atoms with Crippen LogP contribution in [0.4, 0.5) is 0 Å². The Balaban J connectivity index is 1.24. The second kappa shape index (κ2) is 19.3. The number of amidine groups is 1. The fourth-order valence-electron chi connectivity index (χ4n) is 10.8. The molecule has 0 saturated carbocycles. The summed E-state index contributed by atoms with van der Waals surface area (Å²) in [6, 6.07) is 65.1. The van der Waals surface area contributed by atoms with Crippen molar-refractivity contribution in [2.45, 2.75) is 65.0 Å². The molecule has 0 amide bonds. The van der Waals surface area contributed by atoms with E-state index >= 15 is 0 Å². The van der Waals surface area contributed by atoms with Crippen LogP contribution in [0.15, 0.2) is 251 Å². The molecular weight excluding hydrogens is 817 g/mol. The Hall–Kier alpha value is -6.47. The zero-order chi connectivity index (χ0) is 44.7. The second-order valence-electron chi connectivity index (χ2n) is 18.2. The summed E-state index contributed by atoms with van der Waals surface area (Å²) < 4.78 is 0. The maximum Gasteiger partial charge on any atom is 0.179 e. The lowest BCUT2D eigenvalue weighted by atomic mass is 9.82. The molecule has 0 fully saturated rings. The summed E-state index contributed by atoms with van der Waals surface area (Å²) in [7, 11) is -5.28. The molecule has 0 spiro atoms. The zero-order valence-electron chi connectivity index (χ0n) is 38.4. The molecule has 322 valence electrons. The molecule has 4 heteroatoms. The number of benzene rings is 6. The first kappa shape index (κ1) is 43.8. The minimum atomic E-state index is -2.79. The van der Waals surface area contributed by atoms with Crippen LogP contribution in [0.3, 0.4) is 0 Å². The van der Waals surface area contributed by atoms with Gasteiger partial charge in [0.05, 0.1) is 11.3 Å². The highest BCUT2D eigenvalue weighted by Crippen LogP contribution is 2.38. The van der Waals surface area contributed by atoms with E-state index in [1.54, 1.807) is 5.20 Å². The molecule has 0 N–H and O–H groups in total. The number of rotatable bonds is 13. The van der Waals surface area contributed by atoms with Crippen molar-refractivity contribution in [3.8, 4) is 0 Å². The van der Waals surface area contributed by atoms with Crippen LogP contribution in [0, 0.1) is 5.92 Å². The van der Waals surface area contributed by atoms with Gasteiger partial charge in [0.1, 0.15) is 8.07 Å². The van der Waals surface area contributed by atoms with E-state index in [1.165, 1.54) is 53.4 Å². The van der Waals surface area contributed by atoms with E-state index in [2.05, 4.69) is 252 Å². The molecule has 0 aromatic heterocycles. The average Bonchev–Trinajstić information content (AvgIpc) is 3.36. The largest absolute Gasteiger partial charge is 0.255 e. The van der Waals surface area contributed by atoms with E-state index in [0.717, 1.165) is 36.9 Å². The van der Waals surface area contributed by atoms with E-state index in [9.17, 15) is 0 Å². The average molecular weight is 877 g/mol. The summed E-state index contributed by atoms with van der Waals surface area (Å²) in [6.07, 6.45) is 24.3. The molecule has 3 unspecified atom stereocenters. The van der Waals surface area contributed by atoms with Crippen LogP contribution in [0.25, 0.3) is 0 Å². The van der Waals surface area contributed by atoms with Crippen molar-refractivity contribution in [3.63, 3.8) is 0 Å². The van der Waals surface area contributed by atoms with Gasteiger partial charge in [-0.05, 0) is 99.8 Å². The number of nitrogens with zero attached hydrogens (tertiary/aromatic N) is 2. The monoisotopic (exact) mass is 876 g/mol. The lowest BCUT2D eigenvalue weighted by Gasteiger charge is -2.37. The zero-order valence-corrected chi connectivity index (χ0v) is 40.4. The highest BCUT2D eigenvalue weighted by Gasteiger charge is 2.44. The van der Waals surface area contributed by atoms with Gasteiger partial charge in [0.25, 0.3) is 0 Å². The van der Waals surface area contributed by atoms with Crippen molar-refractivity contribution in [3.05, 3.63) is 252 Å². The van der Waals surface area contributed by atoms with E-state index in [4.69, 9.17) is 9.98 Å². The number of hydrogen-bond donors (Lipinski definition) is 0. The fourth-order valence-corrected chi connectivity index (χ4v) is 20.4. The van der Waals surface area contributed by atoms with Gasteiger partial charge in [-0.3, -0.25) is 4.99 Å². The molecule has 0 bridgehead atoms. The molecule has 1 aliphatic heterocycles. The molecule has 65 heavy (non-hydrogen) atoms. The molecule has 6 aromatic carbocycles. The van der Waals surface area contributed by atoms with E-state index in [1.807, 2.05) is 0 Å². The van der Waals surface area contributed by atoms with Gasteiger partial charge in [0.15, 0.2) is 13.9 Å². The summed E-state index contributed by atoms with van der Waals surface area (Å²) in [5.41, 5.74) is 5.43. The van der Waals surface area contributed by atoms with Crippen LogP contribution >= 0.6 is 0 Å². The molecule has 2 aliphatic carbocycles. The van der Waals surface area contributed by atoms with E-state index in [-0.39, 0.29) is 0 Å². The first-order chi connectivity index (χ1) is 31.9. The first-order valence-corrected chi connectivity index (χ1v) is 27.7. The van der Waals surface area contributed by atoms with Gasteiger partial charge < -0.3 is 0 Å². The normalized spacial score (nSPS) is 19.8. The SMILES string of the molecule is C/C=C\C=C/C[Si](C1=CC=CCC1)(c1ccccc1)c1cccc(C2=NC(C3=C(C)C=CCC3C)=NC(C)(c3cccc([Si](c4ccccc4)(c4ccccc4)c4ccccc4)c3)C2)c1. The van der Waals surface area contributed by atoms with Crippen LogP contribution < -0.4 is 31.1 Å². The molecule has 0 saturated heterocycles. The van der Waals surface area contributed by atoms with Gasteiger partial charge in [-0.15, -0.1) is 0 Å². The van der Waals surface area contributed by atoms with E-state index < -0.39 is 21.7 Å². The van der Waals surface area contributed by atoms with Gasteiger partial charge in [-0.25, -0.2) is 4.99 Å². The lowest BCUT2D eigenvalue weighted by molar-refractivity contribution is 0.513. The topological polar surface area (TPSA) is 24.7 Å². The number of aliphatic imine (C=N–C) groups is 2. The molecule has 3 aliphatic rings. The summed E-state index contributed by atoms with van der Waals surface area (Å²) in [6.45, 7) is 9.01. The Morgan fingerprint density at radius 2 is 1.26 bits per heavy atom. The number of allylic oxidation sites excluding steroid dienone is 11. The van der Waals surface area contributed by atoms with Crippen molar-refractivity contribution in [2.24, 2.45) is 15.9 Å². The molecular formula is C61H60N2Si2. The molecule has 9 rings (SSSR count). The van der Waals surface area contributed by atoms with Crippen molar-refractivity contribution in [1.29, 1.82) is 0 Å². The molecule has 6 aromatic rings. The van der Waals surface area contributed by atoms with Gasteiger partial charge in [-0.1, -0.05) is 237 Å². The van der Waals surface area contributed by atoms with Crippen molar-refractivity contribution in [1.82, 2.24) is 0 Å². The summed E-state index contributed by atoms with van der Waals surface area (Å²) in [4.78, 5) is 11.5. The maximum atomic E-state index is 5.81. The van der Waals surface area contributed by atoms with Gasteiger partial charge in [0, 0.05) is 12.0 Å². The Kier molecular flexibility index (Phi) is 13.0. The quantitative estimate of drug-likeness (QED) is 0.0627. The Morgan fingerprint density at radius 1 is 0.662 bits per heavy atom. The maximum absolute atomic E-state index is 5.81. The van der Waals surface area contributed by atoms with Crippen molar-refractivity contribution >= 4 is 58.8 Å². The second-order valence-corrected chi connectivity index (χ2v) is 26.0. The number of hydrogen-bond acceptors (Lipinski definition) is 2. The summed E-state index contributed by atoms with van der Waals surface area (Å²) in [5.74, 6) is 1.18. The predicted molar refractivity (Wildman–Crippen MR) is 285 cm³/mol. The highest BCUT2D eigenvalue weighted by molar-refractivity contribution is 7.19. The van der Waals surface area contributed by atoms with Crippen LogP contribution in [0.5, 0.6) is 0 Å². The predicted octanol–water partition coefficient (Wildman–Crippen LogP) is 11.0. The fraction of sp³-hybridized carbons (Fsp3) is 0.180. The molecule has 1 heterocycles. The van der Waals surface area contributed by atoms with Gasteiger partial charge in [0.2, 0.25) is 0 Å². The molecule has 3 atom stereocenters. The first-order valence-electron chi connectivity index (χ1n) is 23.5. The Bertz CT molecular complexity index is 2790. The Labute approximate surface area is 389 Å². The lowest BCUT2D eigenvalue weighted by Crippen LogP contribution is -2.74. The minimum Gasteiger partial charge on any atom is -0.255 e. The summed E-state index contributed by atoms with van der Waals surface area (Å²) in [5, 5.41) is 9.91. The third-order valence-corrected chi connectivity index (χ3v) is 23.8. The summed E-state index contributed by atoms with van der Waals surface area (Å²) >= 11 is 0. The van der Waals surface area contributed by atoms with E-state index in [0.29, 0.717) is 12.3 Å². The Morgan fingerprint density at radius 3 is 1.86 bits per heavy atom. The minimum absolute atomic E-state index is 0.312. The van der Waals surface area contributed by atoms with Crippen molar-refractivity contribution < 1.29 is 0 Å².